The molecule has 0 aliphatic heterocycles. The third kappa shape index (κ3) is 11.0. The van der Waals surface area contributed by atoms with Gasteiger partial charge in [0.25, 0.3) is 0 Å². The molecule has 3 aromatic carbocycles. The van der Waals surface area contributed by atoms with Gasteiger partial charge in [0.15, 0.2) is 0 Å². The Balaban J connectivity index is 0.000000369. The van der Waals surface area contributed by atoms with Crippen molar-refractivity contribution in [3.8, 4) is 28.0 Å². The zero-order chi connectivity index (χ0) is 29.7. The standard InChI is InChI=1S/C20H14ClO.C10H15.2C4H9.Zr/c1-22-19-10-9-16(13-5-3-2-4-6-13)18-12-14-11-15(21)7-8-17(14)20(18)19;1-8-5-6-9(7-8)10(2,3)4;2*1-3-4-2;/h2-8,10-11H,12H2,1H3;6H,5H2,1-4H3;2*1,3-4H2,2H3;/q4*-1;+4. The molecule has 0 atom stereocenters. The van der Waals surface area contributed by atoms with Crippen molar-refractivity contribution in [2.45, 2.75) is 80.1 Å². The Labute approximate surface area is 275 Å². The summed E-state index contributed by atoms with van der Waals surface area (Å²) < 4.78 is 5.57. The van der Waals surface area contributed by atoms with Gasteiger partial charge in [0.1, 0.15) is 0 Å². The molecular weight excluding hydrogens is 599 g/mol. The Bertz CT molecular complexity index is 1260. The molecule has 0 bridgehead atoms. The molecule has 1 nitrogen and oxygen atoms in total. The molecule has 216 valence electrons. The summed E-state index contributed by atoms with van der Waals surface area (Å²) in [6, 6.07) is 21.8. The fourth-order valence-corrected chi connectivity index (χ4v) is 4.48. The van der Waals surface area contributed by atoms with Gasteiger partial charge < -0.3 is 18.6 Å². The van der Waals surface area contributed by atoms with E-state index in [0.717, 1.165) is 42.0 Å². The Morgan fingerprint density at radius 3 is 2.05 bits per heavy atom. The summed E-state index contributed by atoms with van der Waals surface area (Å²) in [6.45, 7) is 20.3. The molecule has 5 rings (SSSR count). The number of allylic oxidation sites excluding steroid dienone is 4. The van der Waals surface area contributed by atoms with Crippen LogP contribution in [0, 0.1) is 31.4 Å². The summed E-state index contributed by atoms with van der Waals surface area (Å²) in [4.78, 5) is 0. The molecule has 0 unspecified atom stereocenters. The molecule has 0 amide bonds. The van der Waals surface area contributed by atoms with Crippen LogP contribution >= 0.6 is 11.6 Å². The molecule has 2 aliphatic rings. The smallest absolute Gasteiger partial charge is 0.539 e. The topological polar surface area (TPSA) is 9.23 Å². The molecule has 3 aromatic rings. The molecule has 3 heteroatoms. The predicted molar refractivity (Wildman–Crippen MR) is 176 cm³/mol. The van der Waals surface area contributed by atoms with Gasteiger partial charge in [-0.15, -0.1) is 23.3 Å². The van der Waals surface area contributed by atoms with Crippen molar-refractivity contribution in [2.75, 3.05) is 7.11 Å². The van der Waals surface area contributed by atoms with Gasteiger partial charge in [-0.25, -0.2) is 17.7 Å². The van der Waals surface area contributed by atoms with Crippen molar-refractivity contribution in [1.82, 2.24) is 0 Å². The van der Waals surface area contributed by atoms with E-state index in [1.165, 1.54) is 51.8 Å². The molecule has 2 aliphatic carbocycles. The number of hydrogen-bond donors (Lipinski definition) is 0. The van der Waals surface area contributed by atoms with Gasteiger partial charge in [-0.1, -0.05) is 120 Å². The second kappa shape index (κ2) is 18.6. The van der Waals surface area contributed by atoms with Crippen molar-refractivity contribution in [3.05, 3.63) is 114 Å². The predicted octanol–water partition coefficient (Wildman–Crippen LogP) is 11.7. The number of ether oxygens (including phenoxy) is 1. The number of benzene rings is 3. The molecular formula is C38H47ClOZr. The van der Waals surface area contributed by atoms with Gasteiger partial charge in [0, 0.05) is 10.8 Å². The number of rotatable bonds is 4. The summed E-state index contributed by atoms with van der Waals surface area (Å²) >= 11 is 6.16. The second-order valence-corrected chi connectivity index (χ2v) is 11.6. The minimum absolute atomic E-state index is 0. The largest absolute Gasteiger partial charge is 4.00 e. The van der Waals surface area contributed by atoms with Crippen LogP contribution in [0.4, 0.5) is 0 Å². The maximum Gasteiger partial charge on any atom is 4.00 e. The first-order valence-electron chi connectivity index (χ1n) is 14.4. The molecule has 41 heavy (non-hydrogen) atoms. The normalized spacial score (nSPS) is 12.4. The summed E-state index contributed by atoms with van der Waals surface area (Å²) in [5.41, 5.74) is 10.2. The van der Waals surface area contributed by atoms with Crippen LogP contribution in [0.15, 0.2) is 71.8 Å². The van der Waals surface area contributed by atoms with Crippen molar-refractivity contribution in [2.24, 2.45) is 5.41 Å². The zero-order valence-electron chi connectivity index (χ0n) is 26.2. The van der Waals surface area contributed by atoms with Crippen LogP contribution in [0.25, 0.3) is 22.3 Å². The SMILES string of the molecule is CC1=[C-]C(C(C)(C)C)=CC1.COc1c[c-]c(-c2ccccc2)c2c1-c1ccc(Cl)cc1C2.[CH2-]CCC.[CH2-]CCC.[Zr+4]. The van der Waals surface area contributed by atoms with Crippen molar-refractivity contribution in [1.29, 1.82) is 0 Å². The summed E-state index contributed by atoms with van der Waals surface area (Å²) in [5.74, 6) is 0.871. The maximum atomic E-state index is 6.16. The Kier molecular flexibility index (Phi) is 16.9. The van der Waals surface area contributed by atoms with E-state index in [4.69, 9.17) is 16.3 Å². The Hall–Kier alpha value is -1.89. The van der Waals surface area contributed by atoms with E-state index in [-0.39, 0.29) is 31.6 Å². The van der Waals surface area contributed by atoms with Crippen LogP contribution in [0.1, 0.15) is 84.8 Å². The number of methoxy groups -OCH3 is 1. The Morgan fingerprint density at radius 2 is 1.59 bits per heavy atom. The number of halogens is 1. The van der Waals surface area contributed by atoms with Crippen molar-refractivity contribution < 1.29 is 30.9 Å². The molecule has 0 radical (unpaired) electrons. The third-order valence-electron chi connectivity index (χ3n) is 6.66. The average molecular weight is 646 g/mol. The van der Waals surface area contributed by atoms with E-state index in [9.17, 15) is 0 Å². The van der Waals surface area contributed by atoms with Crippen molar-refractivity contribution >= 4 is 11.6 Å². The third-order valence-corrected chi connectivity index (χ3v) is 6.89. The molecule has 0 aromatic heterocycles. The van der Waals surface area contributed by atoms with E-state index in [1.54, 1.807) is 7.11 Å². The maximum absolute atomic E-state index is 6.16. The number of unbranched alkanes of at least 4 members (excludes halogenated alkanes) is 2. The average Bonchev–Trinajstić information content (AvgIpc) is 3.57. The quantitative estimate of drug-likeness (QED) is 0.201. The summed E-state index contributed by atoms with van der Waals surface area (Å²) in [6.07, 6.45) is 12.2. The molecule has 0 fully saturated rings. The van der Waals surface area contributed by atoms with Crippen LogP contribution < -0.4 is 4.74 Å². The van der Waals surface area contributed by atoms with Gasteiger partial charge in [0.05, 0.1) is 7.11 Å². The molecule has 0 saturated carbocycles. The summed E-state index contributed by atoms with van der Waals surface area (Å²) in [5, 5.41) is 0.774. The number of fused-ring (bicyclic) bond motifs is 3. The van der Waals surface area contributed by atoms with E-state index in [2.05, 4.69) is 104 Å². The molecule has 0 N–H and O–H groups in total. The van der Waals surface area contributed by atoms with Gasteiger partial charge in [0.2, 0.25) is 0 Å². The minimum atomic E-state index is 0. The van der Waals surface area contributed by atoms with Gasteiger partial charge >= 0.3 is 26.2 Å². The first kappa shape index (κ1) is 37.1. The van der Waals surface area contributed by atoms with E-state index in [0.29, 0.717) is 0 Å². The Morgan fingerprint density at radius 1 is 0.976 bits per heavy atom. The van der Waals surface area contributed by atoms with Crippen LogP contribution in [-0.2, 0) is 32.6 Å². The molecule has 0 saturated heterocycles. The van der Waals surface area contributed by atoms with E-state index in [1.807, 2.05) is 24.3 Å². The van der Waals surface area contributed by atoms with Crippen LogP contribution in [0.5, 0.6) is 5.75 Å². The second-order valence-electron chi connectivity index (χ2n) is 11.1. The van der Waals surface area contributed by atoms with E-state index >= 15 is 0 Å². The van der Waals surface area contributed by atoms with Crippen LogP contribution in [-0.4, -0.2) is 7.11 Å². The van der Waals surface area contributed by atoms with Crippen molar-refractivity contribution in [3.63, 3.8) is 0 Å². The van der Waals surface area contributed by atoms with Gasteiger partial charge in [-0.3, -0.25) is 0 Å². The summed E-state index contributed by atoms with van der Waals surface area (Å²) in [7, 11) is 1.71. The number of hydrogen-bond acceptors (Lipinski definition) is 1. The van der Waals surface area contributed by atoms with Crippen LogP contribution in [0.2, 0.25) is 5.02 Å². The minimum Gasteiger partial charge on any atom is -0.539 e. The van der Waals surface area contributed by atoms with Gasteiger partial charge in [-0.2, -0.15) is 18.4 Å². The monoisotopic (exact) mass is 644 g/mol. The van der Waals surface area contributed by atoms with Crippen LogP contribution in [0.3, 0.4) is 0 Å². The zero-order valence-corrected chi connectivity index (χ0v) is 29.4. The van der Waals surface area contributed by atoms with E-state index < -0.39 is 0 Å². The van der Waals surface area contributed by atoms with Gasteiger partial charge in [-0.05, 0) is 35.1 Å². The first-order chi connectivity index (χ1) is 19.1. The fraction of sp³-hybridized carbons (Fsp3) is 0.368. The molecule has 0 spiro atoms. The molecule has 0 heterocycles. The first-order valence-corrected chi connectivity index (χ1v) is 14.8. The fourth-order valence-electron chi connectivity index (χ4n) is 4.29.